The summed E-state index contributed by atoms with van der Waals surface area (Å²) in [6.07, 6.45) is 3.96. The zero-order valence-electron chi connectivity index (χ0n) is 11.2. The summed E-state index contributed by atoms with van der Waals surface area (Å²) in [6.45, 7) is 1.79. The highest BCUT2D eigenvalue weighted by atomic mass is 32.2. The van der Waals surface area contributed by atoms with E-state index in [1.165, 1.54) is 0 Å². The highest BCUT2D eigenvalue weighted by Crippen LogP contribution is 2.39. The van der Waals surface area contributed by atoms with Crippen LogP contribution in [0.2, 0.25) is 0 Å². The van der Waals surface area contributed by atoms with Gasteiger partial charge in [0.05, 0.1) is 6.10 Å². The fraction of sp³-hybridized carbons (Fsp3) is 0.750. The van der Waals surface area contributed by atoms with E-state index in [1.807, 2.05) is 0 Å². The van der Waals surface area contributed by atoms with Crippen molar-refractivity contribution < 1.29 is 13.5 Å². The van der Waals surface area contributed by atoms with Gasteiger partial charge in [0.1, 0.15) is 5.82 Å². The molecule has 0 amide bonds. The average molecular weight is 285 g/mol. The maximum atomic E-state index is 12.7. The first-order valence-corrected chi connectivity index (χ1v) is 8.05. The molecular formula is C12H19N3O3S. The Balaban J connectivity index is 1.97. The van der Waals surface area contributed by atoms with Crippen molar-refractivity contribution in [2.75, 3.05) is 0 Å². The second-order valence-corrected chi connectivity index (χ2v) is 7.37. The molecule has 2 aliphatic rings. The number of aryl methyl sites for hydroxylation is 2. The molecule has 0 aliphatic carbocycles. The quantitative estimate of drug-likeness (QED) is 0.853. The van der Waals surface area contributed by atoms with Crippen molar-refractivity contribution >= 4 is 10.0 Å². The van der Waals surface area contributed by atoms with Gasteiger partial charge in [-0.3, -0.25) is 0 Å². The Hall–Kier alpha value is -0.920. The molecule has 7 heteroatoms. The minimum absolute atomic E-state index is 0.0685. The molecule has 19 heavy (non-hydrogen) atoms. The summed E-state index contributed by atoms with van der Waals surface area (Å²) >= 11 is 0. The predicted octanol–water partition coefficient (Wildman–Crippen LogP) is 0.405. The van der Waals surface area contributed by atoms with Gasteiger partial charge in [-0.15, -0.1) is 0 Å². The highest BCUT2D eigenvalue weighted by molar-refractivity contribution is 7.89. The Bertz CT molecular complexity index is 562. The van der Waals surface area contributed by atoms with Crippen LogP contribution < -0.4 is 0 Å². The molecule has 2 fully saturated rings. The number of nitrogens with zero attached hydrogens (tertiary/aromatic N) is 3. The molecule has 1 aromatic rings. The number of rotatable bonds is 2. The zero-order valence-corrected chi connectivity index (χ0v) is 12.0. The van der Waals surface area contributed by atoms with E-state index < -0.39 is 10.0 Å². The summed E-state index contributed by atoms with van der Waals surface area (Å²) in [5.41, 5.74) is 0. The van der Waals surface area contributed by atoms with Gasteiger partial charge in [-0.25, -0.2) is 13.4 Å². The van der Waals surface area contributed by atoms with E-state index in [9.17, 15) is 13.5 Å². The number of sulfonamides is 1. The van der Waals surface area contributed by atoms with Gasteiger partial charge in [-0.05, 0) is 32.6 Å². The molecule has 0 aromatic carbocycles. The Kier molecular flexibility index (Phi) is 2.95. The van der Waals surface area contributed by atoms with E-state index in [1.54, 1.807) is 29.0 Å². The molecule has 2 bridgehead atoms. The Labute approximate surface area is 113 Å². The lowest BCUT2D eigenvalue weighted by Crippen LogP contribution is -2.47. The van der Waals surface area contributed by atoms with Crippen LogP contribution >= 0.6 is 0 Å². The van der Waals surface area contributed by atoms with Crippen molar-refractivity contribution in [1.29, 1.82) is 0 Å². The number of aliphatic hydroxyl groups is 1. The summed E-state index contributed by atoms with van der Waals surface area (Å²) in [5, 5.41) is 9.88. The molecule has 1 aromatic heterocycles. The van der Waals surface area contributed by atoms with E-state index in [4.69, 9.17) is 0 Å². The topological polar surface area (TPSA) is 75.4 Å². The lowest BCUT2D eigenvalue weighted by Gasteiger charge is -2.35. The van der Waals surface area contributed by atoms with E-state index in [0.717, 1.165) is 12.8 Å². The summed E-state index contributed by atoms with van der Waals surface area (Å²) in [5.74, 6) is 0.683. The molecule has 0 saturated carbocycles. The number of piperidine rings is 1. The standard InChI is InChI=1S/C12H19N3O3S/c1-8-13-12(7-14(8)2)19(17,18)15-9-3-4-10(15)6-11(16)5-9/h7,9-11,16H,3-6H2,1-2H3. The molecule has 2 aliphatic heterocycles. The van der Waals surface area contributed by atoms with Crippen molar-refractivity contribution in [3.63, 3.8) is 0 Å². The van der Waals surface area contributed by atoms with E-state index >= 15 is 0 Å². The molecular weight excluding hydrogens is 266 g/mol. The minimum Gasteiger partial charge on any atom is -0.393 e. The minimum atomic E-state index is -3.53. The lowest BCUT2D eigenvalue weighted by molar-refractivity contribution is 0.0767. The van der Waals surface area contributed by atoms with Gasteiger partial charge >= 0.3 is 0 Å². The number of hydrogen-bond acceptors (Lipinski definition) is 4. The maximum Gasteiger partial charge on any atom is 0.262 e. The molecule has 2 atom stereocenters. The van der Waals surface area contributed by atoms with Gasteiger partial charge in [0.15, 0.2) is 5.03 Å². The second-order valence-electron chi connectivity index (χ2n) is 5.58. The van der Waals surface area contributed by atoms with Crippen LogP contribution in [0.15, 0.2) is 11.2 Å². The summed E-state index contributed by atoms with van der Waals surface area (Å²) < 4.78 is 28.7. The third-order valence-electron chi connectivity index (χ3n) is 4.27. The Morgan fingerprint density at radius 1 is 1.32 bits per heavy atom. The van der Waals surface area contributed by atoms with Crippen LogP contribution in [0.1, 0.15) is 31.5 Å². The van der Waals surface area contributed by atoms with Crippen LogP contribution in [0.5, 0.6) is 0 Å². The largest absolute Gasteiger partial charge is 0.393 e. The summed E-state index contributed by atoms with van der Waals surface area (Å²) in [7, 11) is -1.75. The van der Waals surface area contributed by atoms with Crippen molar-refractivity contribution in [1.82, 2.24) is 13.9 Å². The number of aliphatic hydroxyl groups excluding tert-OH is 1. The fourth-order valence-electron chi connectivity index (χ4n) is 3.26. The number of aromatic nitrogens is 2. The lowest BCUT2D eigenvalue weighted by atomic mass is 10.0. The SMILES string of the molecule is Cc1nc(S(=O)(=O)N2C3CCC2CC(O)C3)cn1C. The predicted molar refractivity (Wildman–Crippen MR) is 69.0 cm³/mol. The Morgan fingerprint density at radius 2 is 1.89 bits per heavy atom. The molecule has 0 radical (unpaired) electrons. The van der Waals surface area contributed by atoms with Crippen molar-refractivity contribution in [2.45, 2.75) is 55.8 Å². The first-order chi connectivity index (χ1) is 8.89. The van der Waals surface area contributed by atoms with Gasteiger partial charge in [0.2, 0.25) is 0 Å². The zero-order chi connectivity index (χ0) is 13.8. The van der Waals surface area contributed by atoms with E-state index in [-0.39, 0.29) is 23.2 Å². The fourth-order valence-corrected chi connectivity index (χ4v) is 5.18. The number of hydrogen-bond donors (Lipinski definition) is 1. The molecule has 3 rings (SSSR count). The Morgan fingerprint density at radius 3 is 2.37 bits per heavy atom. The van der Waals surface area contributed by atoms with Gasteiger partial charge in [-0.2, -0.15) is 4.31 Å². The van der Waals surface area contributed by atoms with Gasteiger partial charge in [-0.1, -0.05) is 0 Å². The van der Waals surface area contributed by atoms with Crippen LogP contribution in [-0.4, -0.2) is 45.6 Å². The first-order valence-electron chi connectivity index (χ1n) is 6.61. The average Bonchev–Trinajstić information content (AvgIpc) is 2.80. The first kappa shape index (κ1) is 13.1. The number of imidazole rings is 1. The van der Waals surface area contributed by atoms with Crippen LogP contribution in [0.3, 0.4) is 0 Å². The molecule has 0 spiro atoms. The highest BCUT2D eigenvalue weighted by Gasteiger charge is 2.47. The normalized spacial score (nSPS) is 31.8. The van der Waals surface area contributed by atoms with Gasteiger partial charge < -0.3 is 9.67 Å². The monoisotopic (exact) mass is 285 g/mol. The van der Waals surface area contributed by atoms with Crippen LogP contribution in [0.25, 0.3) is 0 Å². The summed E-state index contributed by atoms with van der Waals surface area (Å²) in [4.78, 5) is 4.14. The molecule has 1 N–H and O–H groups in total. The van der Waals surface area contributed by atoms with Crippen molar-refractivity contribution in [3.8, 4) is 0 Å². The smallest absolute Gasteiger partial charge is 0.262 e. The van der Waals surface area contributed by atoms with Crippen LogP contribution in [0.4, 0.5) is 0 Å². The third kappa shape index (κ3) is 2.00. The van der Waals surface area contributed by atoms with Crippen molar-refractivity contribution in [2.24, 2.45) is 7.05 Å². The van der Waals surface area contributed by atoms with Crippen LogP contribution in [-0.2, 0) is 17.1 Å². The van der Waals surface area contributed by atoms with E-state index in [2.05, 4.69) is 4.98 Å². The van der Waals surface area contributed by atoms with Gasteiger partial charge in [0, 0.05) is 25.3 Å². The molecule has 6 nitrogen and oxygen atoms in total. The molecule has 3 heterocycles. The van der Waals surface area contributed by atoms with Crippen molar-refractivity contribution in [3.05, 3.63) is 12.0 Å². The third-order valence-corrected chi connectivity index (χ3v) is 6.15. The molecule has 106 valence electrons. The number of fused-ring (bicyclic) bond motifs is 2. The van der Waals surface area contributed by atoms with Gasteiger partial charge in [0.25, 0.3) is 10.0 Å². The summed E-state index contributed by atoms with van der Waals surface area (Å²) in [6, 6.07) is -0.137. The molecule has 2 saturated heterocycles. The second kappa shape index (κ2) is 4.29. The molecule has 2 unspecified atom stereocenters. The van der Waals surface area contributed by atoms with Crippen LogP contribution in [0, 0.1) is 6.92 Å². The van der Waals surface area contributed by atoms with E-state index in [0.29, 0.717) is 18.7 Å². The maximum absolute atomic E-state index is 12.7.